The Labute approximate surface area is 133 Å². The van der Waals surface area contributed by atoms with Gasteiger partial charge in [0.2, 0.25) is 0 Å². The number of nitrogens with zero attached hydrogens (tertiary/aromatic N) is 1. The van der Waals surface area contributed by atoms with E-state index in [1.165, 1.54) is 0 Å². The molecular weight excluding hydrogens is 324 g/mol. The van der Waals surface area contributed by atoms with E-state index in [4.69, 9.17) is 46.4 Å². The summed E-state index contributed by atoms with van der Waals surface area (Å²) in [5, 5.41) is 2.14. The normalized spacial score (nSPS) is 19.5. The summed E-state index contributed by atoms with van der Waals surface area (Å²) in [6.45, 7) is 0. The van der Waals surface area contributed by atoms with Crippen molar-refractivity contribution in [3.8, 4) is 0 Å². The molecule has 2 rings (SSSR count). The molecule has 0 aliphatic heterocycles. The summed E-state index contributed by atoms with van der Waals surface area (Å²) >= 11 is 24.8. The van der Waals surface area contributed by atoms with E-state index < -0.39 is 0 Å². The second-order valence-electron chi connectivity index (χ2n) is 4.57. The highest BCUT2D eigenvalue weighted by molar-refractivity contribution is 6.48. The van der Waals surface area contributed by atoms with Crippen molar-refractivity contribution in [2.45, 2.75) is 12.3 Å². The van der Waals surface area contributed by atoms with E-state index in [-0.39, 0.29) is 5.92 Å². The first-order valence-electron chi connectivity index (χ1n) is 5.80. The second kappa shape index (κ2) is 5.97. The van der Waals surface area contributed by atoms with E-state index >= 15 is 0 Å². The average Bonchev–Trinajstić information content (AvgIpc) is 2.37. The van der Waals surface area contributed by atoms with Crippen molar-refractivity contribution in [3.63, 3.8) is 0 Å². The fourth-order valence-corrected chi connectivity index (χ4v) is 3.24. The molecule has 0 bridgehead atoms. The molecule has 19 heavy (non-hydrogen) atoms. The zero-order valence-electron chi connectivity index (χ0n) is 10.6. The monoisotopic (exact) mass is 335 g/mol. The topological polar surface area (TPSA) is 3.24 Å². The van der Waals surface area contributed by atoms with Crippen molar-refractivity contribution in [2.75, 3.05) is 19.0 Å². The van der Waals surface area contributed by atoms with Gasteiger partial charge < -0.3 is 4.90 Å². The average molecular weight is 337 g/mol. The Balaban J connectivity index is 2.55. The van der Waals surface area contributed by atoms with Crippen molar-refractivity contribution < 1.29 is 0 Å². The van der Waals surface area contributed by atoms with E-state index in [2.05, 4.69) is 0 Å². The van der Waals surface area contributed by atoms with Gasteiger partial charge in [-0.2, -0.15) is 0 Å². The van der Waals surface area contributed by atoms with Gasteiger partial charge in [0.05, 0.1) is 10.1 Å². The van der Waals surface area contributed by atoms with Crippen LogP contribution in [0.25, 0.3) is 0 Å². The van der Waals surface area contributed by atoms with Crippen LogP contribution in [0.5, 0.6) is 0 Å². The third kappa shape index (κ3) is 2.90. The molecule has 0 radical (unpaired) electrons. The molecule has 0 spiro atoms. The molecule has 0 saturated heterocycles. The van der Waals surface area contributed by atoms with Gasteiger partial charge in [-0.1, -0.05) is 58.5 Å². The lowest BCUT2D eigenvalue weighted by Gasteiger charge is -2.27. The van der Waals surface area contributed by atoms with E-state index in [0.717, 1.165) is 11.3 Å². The van der Waals surface area contributed by atoms with Crippen LogP contribution in [-0.2, 0) is 0 Å². The smallest absolute Gasteiger partial charge is 0.0740 e. The Bertz CT molecular complexity index is 561. The van der Waals surface area contributed by atoms with Crippen molar-refractivity contribution >= 4 is 52.1 Å². The van der Waals surface area contributed by atoms with Gasteiger partial charge in [0.1, 0.15) is 0 Å². The van der Waals surface area contributed by atoms with Gasteiger partial charge >= 0.3 is 0 Å². The number of rotatable bonds is 2. The maximum Gasteiger partial charge on any atom is 0.0740 e. The molecule has 0 heterocycles. The van der Waals surface area contributed by atoms with E-state index in [1.54, 1.807) is 0 Å². The Morgan fingerprint density at radius 1 is 1.11 bits per heavy atom. The van der Waals surface area contributed by atoms with Crippen molar-refractivity contribution in [1.29, 1.82) is 0 Å². The lowest BCUT2D eigenvalue weighted by Crippen LogP contribution is -2.15. The Kier molecular flexibility index (Phi) is 4.73. The van der Waals surface area contributed by atoms with Gasteiger partial charge in [-0.3, -0.25) is 0 Å². The maximum absolute atomic E-state index is 6.36. The van der Waals surface area contributed by atoms with Gasteiger partial charge in [0.25, 0.3) is 0 Å². The van der Waals surface area contributed by atoms with Crippen LogP contribution in [0.3, 0.4) is 0 Å². The minimum Gasteiger partial charge on any atom is -0.377 e. The van der Waals surface area contributed by atoms with Gasteiger partial charge in [-0.15, -0.1) is 0 Å². The van der Waals surface area contributed by atoms with Crippen LogP contribution in [0.4, 0.5) is 5.69 Å². The summed E-state index contributed by atoms with van der Waals surface area (Å²) in [5.74, 6) is -0.0530. The molecule has 102 valence electrons. The molecule has 1 nitrogen and oxygen atoms in total. The van der Waals surface area contributed by atoms with Gasteiger partial charge in [0, 0.05) is 41.3 Å². The SMILES string of the molecule is CN(C)c1cccc(Cl)c1C1CC=C(Cl)C(Cl)=C1Cl. The van der Waals surface area contributed by atoms with E-state index in [1.807, 2.05) is 43.3 Å². The summed E-state index contributed by atoms with van der Waals surface area (Å²) in [6.07, 6.45) is 2.57. The first kappa shape index (κ1) is 15.1. The number of hydrogen-bond acceptors (Lipinski definition) is 1. The standard InChI is InChI=1S/C14H13Cl4N/c1-19(2)11-5-3-4-9(15)12(11)8-6-7-10(16)14(18)13(8)17/h3-5,7-8H,6H2,1-2H3. The first-order valence-corrected chi connectivity index (χ1v) is 7.31. The van der Waals surface area contributed by atoms with E-state index in [9.17, 15) is 0 Å². The summed E-state index contributed by atoms with van der Waals surface area (Å²) in [7, 11) is 3.94. The second-order valence-corrected chi connectivity index (χ2v) is 6.17. The Morgan fingerprint density at radius 3 is 2.42 bits per heavy atom. The highest BCUT2D eigenvalue weighted by Gasteiger charge is 2.27. The molecule has 5 heteroatoms. The van der Waals surface area contributed by atoms with Gasteiger partial charge in [-0.05, 0) is 18.6 Å². The minimum absolute atomic E-state index is 0.0530. The summed E-state index contributed by atoms with van der Waals surface area (Å²) in [4.78, 5) is 2.01. The highest BCUT2D eigenvalue weighted by Crippen LogP contribution is 2.46. The Hall–Kier alpha value is -0.340. The number of allylic oxidation sites excluding steroid dienone is 4. The van der Waals surface area contributed by atoms with Crippen LogP contribution in [0.1, 0.15) is 17.9 Å². The quantitative estimate of drug-likeness (QED) is 0.669. The van der Waals surface area contributed by atoms with Crippen LogP contribution in [0.2, 0.25) is 5.02 Å². The predicted octanol–water partition coefficient (Wildman–Crippen LogP) is 5.71. The molecule has 0 saturated carbocycles. The zero-order valence-corrected chi connectivity index (χ0v) is 13.6. The molecule has 0 amide bonds. The Morgan fingerprint density at radius 2 is 1.79 bits per heavy atom. The molecule has 0 fully saturated rings. The fourth-order valence-electron chi connectivity index (χ4n) is 2.19. The van der Waals surface area contributed by atoms with E-state index in [0.29, 0.717) is 26.5 Å². The maximum atomic E-state index is 6.36. The van der Waals surface area contributed by atoms with Crippen LogP contribution in [0, 0.1) is 0 Å². The molecular formula is C14H13Cl4N. The van der Waals surface area contributed by atoms with Crippen LogP contribution >= 0.6 is 46.4 Å². The number of anilines is 1. The van der Waals surface area contributed by atoms with Crippen LogP contribution in [-0.4, -0.2) is 14.1 Å². The summed E-state index contributed by atoms with van der Waals surface area (Å²) in [6, 6.07) is 5.80. The van der Waals surface area contributed by atoms with Crippen molar-refractivity contribution in [1.82, 2.24) is 0 Å². The molecule has 1 aromatic rings. The van der Waals surface area contributed by atoms with Gasteiger partial charge in [0.15, 0.2) is 0 Å². The molecule has 0 N–H and O–H groups in total. The first-order chi connectivity index (χ1) is 8.93. The number of benzene rings is 1. The van der Waals surface area contributed by atoms with Crippen LogP contribution < -0.4 is 4.90 Å². The number of hydrogen-bond donors (Lipinski definition) is 0. The van der Waals surface area contributed by atoms with Crippen molar-refractivity contribution in [3.05, 3.63) is 50.0 Å². The molecule has 1 atom stereocenters. The largest absolute Gasteiger partial charge is 0.377 e. The molecule has 1 aromatic carbocycles. The zero-order chi connectivity index (χ0) is 14.2. The third-order valence-corrected chi connectivity index (χ3v) is 4.84. The summed E-state index contributed by atoms with van der Waals surface area (Å²) < 4.78 is 0. The minimum atomic E-state index is -0.0530. The van der Waals surface area contributed by atoms with Crippen LogP contribution in [0.15, 0.2) is 39.4 Å². The lowest BCUT2D eigenvalue weighted by molar-refractivity contribution is 0.827. The molecule has 1 aliphatic carbocycles. The predicted molar refractivity (Wildman–Crippen MR) is 85.8 cm³/mol. The highest BCUT2D eigenvalue weighted by atomic mass is 35.5. The molecule has 1 unspecified atom stereocenters. The molecule has 1 aliphatic rings. The fraction of sp³-hybridized carbons (Fsp3) is 0.286. The number of halogens is 4. The third-order valence-electron chi connectivity index (χ3n) is 3.12. The molecule has 0 aromatic heterocycles. The lowest BCUT2D eigenvalue weighted by atomic mass is 9.90. The van der Waals surface area contributed by atoms with Gasteiger partial charge in [-0.25, -0.2) is 0 Å². The summed E-state index contributed by atoms with van der Waals surface area (Å²) in [5.41, 5.74) is 2.02. The van der Waals surface area contributed by atoms with Crippen molar-refractivity contribution in [2.24, 2.45) is 0 Å².